The minimum absolute atomic E-state index is 0.114. The molecule has 0 spiro atoms. The maximum absolute atomic E-state index is 12.9. The monoisotopic (exact) mass is 953 g/mol. The third kappa shape index (κ3) is 54.4. The van der Waals surface area contributed by atoms with Gasteiger partial charge >= 0.3 is 17.9 Å². The Labute approximate surface area is 424 Å². The molecule has 6 nitrogen and oxygen atoms in total. The lowest BCUT2D eigenvalue weighted by Gasteiger charge is -2.18. The largest absolute Gasteiger partial charge is 0.462 e. The first-order valence-electron chi connectivity index (χ1n) is 27.8. The number of allylic oxidation sites excluding steroid dienone is 22. The van der Waals surface area contributed by atoms with E-state index in [4.69, 9.17) is 14.2 Å². The van der Waals surface area contributed by atoms with Gasteiger partial charge in [-0.15, -0.1) is 0 Å². The Kier molecular flexibility index (Phi) is 52.5. The van der Waals surface area contributed by atoms with Gasteiger partial charge in [0.1, 0.15) is 13.2 Å². The fourth-order valence-electron chi connectivity index (χ4n) is 7.12. The molecule has 0 rings (SSSR count). The standard InChI is InChI=1S/C63H100O6/c1-4-7-10-13-16-19-22-25-27-29-31-33-35-38-41-44-47-50-53-56-62(65)68-59-60(58-67-61(64)55-52-49-46-43-40-37-24-21-18-15-12-9-6-3)69-63(66)57-54-51-48-45-42-39-36-34-32-30-28-26-23-20-17-14-11-8-5-2/h7,9-10,12,15-21,23-27,31,33,37-38,40-41,60H,4-6,8,11,13-14,22,28-30,32,34-36,39,42-59H2,1-3H3/b10-7-,12-9-,18-15-,19-16-,20-17-,24-21-,26-23-,27-25-,33-31-,40-37-,41-38-. The average molecular weight is 953 g/mol. The van der Waals surface area contributed by atoms with Crippen molar-refractivity contribution in [3.8, 4) is 0 Å². The fraction of sp³-hybridized carbons (Fsp3) is 0.603. The van der Waals surface area contributed by atoms with Crippen LogP contribution in [0.4, 0.5) is 0 Å². The molecule has 0 saturated carbocycles. The normalized spacial score (nSPS) is 13.1. The molecule has 1 unspecified atom stereocenters. The predicted octanol–water partition coefficient (Wildman–Crippen LogP) is 18.6. The summed E-state index contributed by atoms with van der Waals surface area (Å²) in [5.41, 5.74) is 0. The second kappa shape index (κ2) is 56.1. The van der Waals surface area contributed by atoms with Crippen LogP contribution in [-0.2, 0) is 28.6 Å². The lowest BCUT2D eigenvalue weighted by molar-refractivity contribution is -0.167. The van der Waals surface area contributed by atoms with Crippen LogP contribution in [0.15, 0.2) is 134 Å². The Morgan fingerprint density at radius 2 is 0.638 bits per heavy atom. The van der Waals surface area contributed by atoms with Crippen molar-refractivity contribution in [2.45, 2.75) is 232 Å². The van der Waals surface area contributed by atoms with Crippen LogP contribution in [0.1, 0.15) is 226 Å². The smallest absolute Gasteiger partial charge is 0.306 e. The van der Waals surface area contributed by atoms with Crippen LogP contribution in [0.25, 0.3) is 0 Å². The molecule has 0 aliphatic rings. The summed E-state index contributed by atoms with van der Waals surface area (Å²) in [5, 5.41) is 0. The van der Waals surface area contributed by atoms with Gasteiger partial charge in [0, 0.05) is 19.3 Å². The molecular weight excluding hydrogens is 853 g/mol. The number of hydrogen-bond donors (Lipinski definition) is 0. The molecule has 0 aromatic rings. The number of rotatable bonds is 48. The summed E-state index contributed by atoms with van der Waals surface area (Å²) in [6.07, 6.45) is 78.7. The zero-order valence-electron chi connectivity index (χ0n) is 44.3. The Morgan fingerprint density at radius 1 is 0.319 bits per heavy atom. The van der Waals surface area contributed by atoms with Crippen molar-refractivity contribution in [1.29, 1.82) is 0 Å². The molecule has 0 aliphatic heterocycles. The molecule has 1 atom stereocenters. The fourth-order valence-corrected chi connectivity index (χ4v) is 7.12. The van der Waals surface area contributed by atoms with E-state index in [2.05, 4.69) is 118 Å². The second-order valence-electron chi connectivity index (χ2n) is 17.8. The van der Waals surface area contributed by atoms with Gasteiger partial charge in [-0.2, -0.15) is 0 Å². The van der Waals surface area contributed by atoms with E-state index in [-0.39, 0.29) is 31.1 Å². The van der Waals surface area contributed by atoms with Crippen molar-refractivity contribution >= 4 is 17.9 Å². The van der Waals surface area contributed by atoms with E-state index in [1.807, 2.05) is 36.5 Å². The van der Waals surface area contributed by atoms with E-state index >= 15 is 0 Å². The van der Waals surface area contributed by atoms with Gasteiger partial charge in [0.05, 0.1) is 0 Å². The molecule has 0 bridgehead atoms. The molecule has 0 aliphatic carbocycles. The lowest BCUT2D eigenvalue weighted by Crippen LogP contribution is -2.30. The highest BCUT2D eigenvalue weighted by Crippen LogP contribution is 2.14. The minimum atomic E-state index is -0.815. The van der Waals surface area contributed by atoms with Crippen molar-refractivity contribution in [1.82, 2.24) is 0 Å². The molecule has 69 heavy (non-hydrogen) atoms. The molecule has 0 saturated heterocycles. The minimum Gasteiger partial charge on any atom is -0.462 e. The number of esters is 3. The molecule has 0 amide bonds. The third-order valence-electron chi connectivity index (χ3n) is 11.2. The first kappa shape index (κ1) is 64.5. The predicted molar refractivity (Wildman–Crippen MR) is 297 cm³/mol. The SMILES string of the molecule is CC\C=C/C=C\C=C/C=C\CCCCCC(=O)OCC(COC(=O)CCCCC/C=C\C/C=C\C/C=C\C/C=C\C/C=C\CC)OC(=O)CCCCCCCCCCCC/C=C\C=C/CCCCC. The van der Waals surface area contributed by atoms with Crippen LogP contribution >= 0.6 is 0 Å². The van der Waals surface area contributed by atoms with Gasteiger partial charge in [0.2, 0.25) is 0 Å². The van der Waals surface area contributed by atoms with Crippen LogP contribution < -0.4 is 0 Å². The zero-order chi connectivity index (χ0) is 50.0. The van der Waals surface area contributed by atoms with Gasteiger partial charge in [0.15, 0.2) is 6.10 Å². The maximum Gasteiger partial charge on any atom is 0.306 e. The van der Waals surface area contributed by atoms with E-state index < -0.39 is 6.10 Å². The first-order valence-corrected chi connectivity index (χ1v) is 27.8. The highest BCUT2D eigenvalue weighted by molar-refractivity contribution is 5.71. The van der Waals surface area contributed by atoms with Gasteiger partial charge in [-0.25, -0.2) is 0 Å². The number of hydrogen-bond acceptors (Lipinski definition) is 6. The van der Waals surface area contributed by atoms with Crippen LogP contribution in [0.3, 0.4) is 0 Å². The van der Waals surface area contributed by atoms with Gasteiger partial charge < -0.3 is 14.2 Å². The molecule has 0 aromatic heterocycles. The van der Waals surface area contributed by atoms with Gasteiger partial charge in [-0.1, -0.05) is 231 Å². The average Bonchev–Trinajstić information content (AvgIpc) is 3.35. The second-order valence-corrected chi connectivity index (χ2v) is 17.8. The van der Waals surface area contributed by atoms with Gasteiger partial charge in [0.25, 0.3) is 0 Å². The summed E-state index contributed by atoms with van der Waals surface area (Å²) in [5.74, 6) is -0.992. The third-order valence-corrected chi connectivity index (χ3v) is 11.2. The Morgan fingerprint density at radius 3 is 1.09 bits per heavy atom. The molecule has 0 aromatic carbocycles. The molecule has 0 heterocycles. The molecule has 0 N–H and O–H groups in total. The lowest BCUT2D eigenvalue weighted by atomic mass is 10.1. The summed E-state index contributed by atoms with van der Waals surface area (Å²) in [4.78, 5) is 38.1. The van der Waals surface area contributed by atoms with Crippen molar-refractivity contribution in [3.63, 3.8) is 0 Å². The van der Waals surface area contributed by atoms with Crippen LogP contribution in [0.5, 0.6) is 0 Å². The Balaban J connectivity index is 4.50. The van der Waals surface area contributed by atoms with Crippen molar-refractivity contribution in [2.75, 3.05) is 13.2 Å². The topological polar surface area (TPSA) is 78.9 Å². The van der Waals surface area contributed by atoms with E-state index in [0.29, 0.717) is 19.3 Å². The van der Waals surface area contributed by atoms with Crippen molar-refractivity contribution < 1.29 is 28.6 Å². The summed E-state index contributed by atoms with van der Waals surface area (Å²) in [7, 11) is 0. The van der Waals surface area contributed by atoms with Gasteiger partial charge in [-0.05, 0) is 109 Å². The Hall–Kier alpha value is -4.45. The van der Waals surface area contributed by atoms with E-state index in [9.17, 15) is 14.4 Å². The highest BCUT2D eigenvalue weighted by Gasteiger charge is 2.19. The van der Waals surface area contributed by atoms with Gasteiger partial charge in [-0.3, -0.25) is 14.4 Å². The van der Waals surface area contributed by atoms with E-state index in [1.165, 1.54) is 77.0 Å². The van der Waals surface area contributed by atoms with E-state index in [1.54, 1.807) is 0 Å². The van der Waals surface area contributed by atoms with E-state index in [0.717, 1.165) is 109 Å². The number of carbonyl (C=O) groups excluding carboxylic acids is 3. The number of unbranched alkanes of at least 4 members (excludes halogenated alkanes) is 19. The summed E-state index contributed by atoms with van der Waals surface area (Å²) in [6.45, 7) is 6.28. The van der Waals surface area contributed by atoms with Crippen molar-refractivity contribution in [2.24, 2.45) is 0 Å². The van der Waals surface area contributed by atoms with Crippen LogP contribution in [0, 0.1) is 0 Å². The quantitative estimate of drug-likeness (QED) is 0.0199. The molecule has 0 radical (unpaired) electrons. The number of carbonyl (C=O) groups is 3. The molecule has 388 valence electrons. The maximum atomic E-state index is 12.9. The molecule has 0 fully saturated rings. The van der Waals surface area contributed by atoms with Crippen LogP contribution in [0.2, 0.25) is 0 Å². The Bertz CT molecular complexity index is 1510. The summed E-state index contributed by atoms with van der Waals surface area (Å²) >= 11 is 0. The first-order chi connectivity index (χ1) is 34.0. The highest BCUT2D eigenvalue weighted by atomic mass is 16.6. The molecular formula is C63H100O6. The number of ether oxygens (including phenoxy) is 3. The van der Waals surface area contributed by atoms with Crippen LogP contribution in [-0.4, -0.2) is 37.2 Å². The summed E-state index contributed by atoms with van der Waals surface area (Å²) < 4.78 is 16.8. The molecule has 6 heteroatoms. The summed E-state index contributed by atoms with van der Waals surface area (Å²) in [6, 6.07) is 0. The van der Waals surface area contributed by atoms with Crippen molar-refractivity contribution in [3.05, 3.63) is 134 Å². The zero-order valence-corrected chi connectivity index (χ0v) is 44.3.